The number of piperidine rings is 1. The van der Waals surface area contributed by atoms with Gasteiger partial charge in [0.1, 0.15) is 17.4 Å². The number of nitrogens with one attached hydrogen (secondary N) is 2. The number of imidazole rings is 1. The number of nitrogens with zero attached hydrogens (tertiary/aromatic N) is 1. The standard InChI is InChI=1S/C12H14BrN3O/c13-11-10(17-8-3-5-14-6-4-8)2-1-9-12(11)16-7-15-9/h1-2,7-8,14H,3-6H2,(H,15,16). The maximum Gasteiger partial charge on any atom is 0.136 e. The average Bonchev–Trinajstić information content (AvgIpc) is 2.83. The number of fused-ring (bicyclic) bond motifs is 1. The first-order valence-electron chi connectivity index (χ1n) is 5.83. The molecule has 2 aromatic rings. The number of H-pyrrole nitrogens is 1. The van der Waals surface area contributed by atoms with E-state index in [4.69, 9.17) is 4.74 Å². The van der Waals surface area contributed by atoms with Crippen molar-refractivity contribution in [1.29, 1.82) is 0 Å². The fourth-order valence-electron chi connectivity index (χ4n) is 2.14. The van der Waals surface area contributed by atoms with Crippen LogP contribution in [0.2, 0.25) is 0 Å². The van der Waals surface area contributed by atoms with Gasteiger partial charge in [-0.15, -0.1) is 0 Å². The Kier molecular flexibility index (Phi) is 3.03. The van der Waals surface area contributed by atoms with Crippen molar-refractivity contribution in [3.8, 4) is 5.75 Å². The number of halogens is 1. The van der Waals surface area contributed by atoms with Gasteiger partial charge in [-0.05, 0) is 54.0 Å². The average molecular weight is 296 g/mol. The first-order valence-corrected chi connectivity index (χ1v) is 6.63. The third-order valence-corrected chi connectivity index (χ3v) is 3.84. The van der Waals surface area contributed by atoms with E-state index in [0.717, 1.165) is 47.2 Å². The van der Waals surface area contributed by atoms with Gasteiger partial charge in [-0.3, -0.25) is 0 Å². The fraction of sp³-hybridized carbons (Fsp3) is 0.417. The van der Waals surface area contributed by atoms with Crippen LogP contribution in [-0.4, -0.2) is 29.2 Å². The molecule has 2 N–H and O–H groups in total. The molecule has 0 saturated carbocycles. The Morgan fingerprint density at radius 3 is 2.94 bits per heavy atom. The molecular weight excluding hydrogens is 282 g/mol. The van der Waals surface area contributed by atoms with Gasteiger partial charge in [0.2, 0.25) is 0 Å². The van der Waals surface area contributed by atoms with Gasteiger partial charge in [0.15, 0.2) is 0 Å². The molecule has 2 heterocycles. The van der Waals surface area contributed by atoms with E-state index in [-0.39, 0.29) is 0 Å². The van der Waals surface area contributed by atoms with Gasteiger partial charge in [0.05, 0.1) is 16.3 Å². The highest BCUT2D eigenvalue weighted by molar-refractivity contribution is 9.10. The second-order valence-electron chi connectivity index (χ2n) is 4.24. The molecule has 0 bridgehead atoms. The van der Waals surface area contributed by atoms with E-state index in [9.17, 15) is 0 Å². The van der Waals surface area contributed by atoms with Gasteiger partial charge in [0.25, 0.3) is 0 Å². The zero-order valence-corrected chi connectivity index (χ0v) is 11.0. The monoisotopic (exact) mass is 295 g/mol. The number of rotatable bonds is 2. The molecule has 0 unspecified atom stereocenters. The molecule has 3 rings (SSSR count). The SMILES string of the molecule is Brc1c(OC2CCNCC2)ccc2[nH]cnc12. The van der Waals surface area contributed by atoms with E-state index in [1.807, 2.05) is 12.1 Å². The summed E-state index contributed by atoms with van der Waals surface area (Å²) in [6, 6.07) is 4.00. The molecule has 1 aromatic carbocycles. The van der Waals surface area contributed by atoms with Gasteiger partial charge < -0.3 is 15.0 Å². The lowest BCUT2D eigenvalue weighted by atomic mass is 10.1. The Labute approximate surface area is 108 Å². The third-order valence-electron chi connectivity index (χ3n) is 3.07. The van der Waals surface area contributed by atoms with Crippen molar-refractivity contribution in [3.05, 3.63) is 22.9 Å². The molecule has 4 nitrogen and oxygen atoms in total. The van der Waals surface area contributed by atoms with Crippen LogP contribution in [0, 0.1) is 0 Å². The topological polar surface area (TPSA) is 49.9 Å². The minimum atomic E-state index is 0.309. The van der Waals surface area contributed by atoms with Crippen LogP contribution in [0.4, 0.5) is 0 Å². The van der Waals surface area contributed by atoms with Crippen molar-refractivity contribution < 1.29 is 4.74 Å². The van der Waals surface area contributed by atoms with Gasteiger partial charge >= 0.3 is 0 Å². The maximum absolute atomic E-state index is 6.02. The number of hydrogen-bond acceptors (Lipinski definition) is 3. The summed E-state index contributed by atoms with van der Waals surface area (Å²) in [5.41, 5.74) is 1.95. The first kappa shape index (κ1) is 11.0. The Balaban J connectivity index is 1.86. The van der Waals surface area contributed by atoms with Crippen LogP contribution in [-0.2, 0) is 0 Å². The molecule has 17 heavy (non-hydrogen) atoms. The molecule has 0 amide bonds. The highest BCUT2D eigenvalue weighted by Crippen LogP contribution is 2.32. The van der Waals surface area contributed by atoms with Crippen LogP contribution < -0.4 is 10.1 Å². The largest absolute Gasteiger partial charge is 0.489 e. The van der Waals surface area contributed by atoms with Crippen LogP contribution in [0.5, 0.6) is 5.75 Å². The number of ether oxygens (including phenoxy) is 1. The van der Waals surface area contributed by atoms with Crippen LogP contribution in [0.3, 0.4) is 0 Å². The third kappa shape index (κ3) is 2.17. The highest BCUT2D eigenvalue weighted by atomic mass is 79.9. The zero-order chi connectivity index (χ0) is 11.7. The normalized spacial score (nSPS) is 17.5. The number of aromatic nitrogens is 2. The van der Waals surface area contributed by atoms with E-state index < -0.39 is 0 Å². The van der Waals surface area contributed by atoms with Crippen LogP contribution >= 0.6 is 15.9 Å². The molecule has 0 aliphatic carbocycles. The molecule has 0 spiro atoms. The van der Waals surface area contributed by atoms with E-state index >= 15 is 0 Å². The van der Waals surface area contributed by atoms with Crippen molar-refractivity contribution in [2.24, 2.45) is 0 Å². The smallest absolute Gasteiger partial charge is 0.136 e. The summed E-state index contributed by atoms with van der Waals surface area (Å²) in [7, 11) is 0. The predicted molar refractivity (Wildman–Crippen MR) is 70.3 cm³/mol. The Morgan fingerprint density at radius 1 is 1.29 bits per heavy atom. The quantitative estimate of drug-likeness (QED) is 0.895. The second kappa shape index (κ2) is 4.66. The van der Waals surface area contributed by atoms with E-state index in [1.165, 1.54) is 0 Å². The van der Waals surface area contributed by atoms with E-state index in [2.05, 4.69) is 31.2 Å². The number of benzene rings is 1. The predicted octanol–water partition coefficient (Wildman–Crippen LogP) is 2.46. The molecule has 1 aliphatic rings. The first-order chi connectivity index (χ1) is 8.34. The molecule has 0 atom stereocenters. The van der Waals surface area contributed by atoms with E-state index in [1.54, 1.807) is 6.33 Å². The molecule has 1 aromatic heterocycles. The zero-order valence-electron chi connectivity index (χ0n) is 9.37. The summed E-state index contributed by atoms with van der Waals surface area (Å²) < 4.78 is 6.96. The summed E-state index contributed by atoms with van der Waals surface area (Å²) in [4.78, 5) is 7.36. The summed E-state index contributed by atoms with van der Waals surface area (Å²) >= 11 is 3.56. The van der Waals surface area contributed by atoms with Crippen molar-refractivity contribution >= 4 is 27.0 Å². The Bertz CT molecular complexity index is 519. The van der Waals surface area contributed by atoms with Crippen LogP contribution in [0.25, 0.3) is 11.0 Å². The lowest BCUT2D eigenvalue weighted by Gasteiger charge is -2.24. The summed E-state index contributed by atoms with van der Waals surface area (Å²) in [5.74, 6) is 0.886. The Morgan fingerprint density at radius 2 is 2.12 bits per heavy atom. The van der Waals surface area contributed by atoms with Crippen molar-refractivity contribution in [1.82, 2.24) is 15.3 Å². The second-order valence-corrected chi connectivity index (χ2v) is 5.04. The molecule has 90 valence electrons. The summed E-state index contributed by atoms with van der Waals surface area (Å²) in [6.45, 7) is 2.07. The molecule has 1 saturated heterocycles. The van der Waals surface area contributed by atoms with Gasteiger partial charge in [-0.25, -0.2) is 4.98 Å². The molecule has 0 radical (unpaired) electrons. The van der Waals surface area contributed by atoms with E-state index in [0.29, 0.717) is 6.10 Å². The minimum absolute atomic E-state index is 0.309. The van der Waals surface area contributed by atoms with Crippen molar-refractivity contribution in [3.63, 3.8) is 0 Å². The van der Waals surface area contributed by atoms with Gasteiger partial charge in [-0.1, -0.05) is 0 Å². The fourth-order valence-corrected chi connectivity index (χ4v) is 2.68. The lowest BCUT2D eigenvalue weighted by Crippen LogP contribution is -2.34. The number of aromatic amines is 1. The van der Waals surface area contributed by atoms with Gasteiger partial charge in [-0.2, -0.15) is 0 Å². The van der Waals surface area contributed by atoms with Crippen LogP contribution in [0.15, 0.2) is 22.9 Å². The van der Waals surface area contributed by atoms with Crippen molar-refractivity contribution in [2.75, 3.05) is 13.1 Å². The maximum atomic E-state index is 6.02. The lowest BCUT2D eigenvalue weighted by molar-refractivity contribution is 0.161. The Hall–Kier alpha value is -1.07. The molecule has 1 aliphatic heterocycles. The molecule has 1 fully saturated rings. The molecule has 5 heteroatoms. The highest BCUT2D eigenvalue weighted by Gasteiger charge is 2.17. The van der Waals surface area contributed by atoms with Crippen molar-refractivity contribution in [2.45, 2.75) is 18.9 Å². The summed E-state index contributed by atoms with van der Waals surface area (Å²) in [6.07, 6.45) is 4.13. The number of hydrogen-bond donors (Lipinski definition) is 2. The molecular formula is C12H14BrN3O. The van der Waals surface area contributed by atoms with Crippen LogP contribution in [0.1, 0.15) is 12.8 Å². The van der Waals surface area contributed by atoms with Gasteiger partial charge in [0, 0.05) is 0 Å². The summed E-state index contributed by atoms with van der Waals surface area (Å²) in [5, 5.41) is 3.33. The minimum Gasteiger partial charge on any atom is -0.489 e.